The van der Waals surface area contributed by atoms with E-state index in [1.54, 1.807) is 6.92 Å². The van der Waals surface area contributed by atoms with Crippen LogP contribution in [-0.2, 0) is 4.79 Å². The Morgan fingerprint density at radius 1 is 1.26 bits per heavy atom. The number of likely N-dealkylation sites (tertiary alicyclic amines) is 1. The number of aryl methyl sites for hydroxylation is 1. The maximum atomic E-state index is 12.1. The zero-order valence-corrected chi connectivity index (χ0v) is 13.3. The highest BCUT2D eigenvalue weighted by molar-refractivity contribution is 5.93. The van der Waals surface area contributed by atoms with Gasteiger partial charge in [0.15, 0.2) is 5.69 Å². The lowest BCUT2D eigenvalue weighted by Crippen LogP contribution is -2.44. The molecule has 1 saturated carbocycles. The van der Waals surface area contributed by atoms with Gasteiger partial charge in [-0.1, -0.05) is 0 Å². The van der Waals surface area contributed by atoms with Crippen molar-refractivity contribution < 1.29 is 14.7 Å². The number of carboxylic acid groups (broad SMARTS) is 1. The standard InChI is InChI=1S/C15H23N5O3/c1-9-14(18-19-17-9)15(23)16-7-12-5-4-11(6-13(21)22)20(12)8-10-2-3-10/h10-12H,2-8H2,1H3,(H,16,23)(H,21,22)(H,17,18,19)/t11-,12+/m1/s1. The molecule has 0 radical (unpaired) electrons. The van der Waals surface area contributed by atoms with Crippen LogP contribution in [0.5, 0.6) is 0 Å². The third-order valence-electron chi connectivity index (χ3n) is 4.78. The Labute approximate surface area is 134 Å². The number of aromatic amines is 1. The van der Waals surface area contributed by atoms with Crippen LogP contribution in [-0.4, -0.2) is 62.5 Å². The quantitative estimate of drug-likeness (QED) is 0.677. The van der Waals surface area contributed by atoms with Crippen molar-refractivity contribution in [3.8, 4) is 0 Å². The van der Waals surface area contributed by atoms with E-state index >= 15 is 0 Å². The summed E-state index contributed by atoms with van der Waals surface area (Å²) in [5, 5.41) is 22.1. The van der Waals surface area contributed by atoms with Gasteiger partial charge in [0.2, 0.25) is 0 Å². The number of carboxylic acids is 1. The molecule has 1 amide bonds. The monoisotopic (exact) mass is 321 g/mol. The fraction of sp³-hybridized carbons (Fsp3) is 0.733. The summed E-state index contributed by atoms with van der Waals surface area (Å²) in [5.74, 6) is -0.289. The molecule has 1 aromatic heterocycles. The lowest BCUT2D eigenvalue weighted by molar-refractivity contribution is -0.138. The van der Waals surface area contributed by atoms with E-state index in [0.717, 1.165) is 19.4 Å². The second-order valence-electron chi connectivity index (χ2n) is 6.59. The van der Waals surface area contributed by atoms with Crippen LogP contribution < -0.4 is 5.32 Å². The van der Waals surface area contributed by atoms with Gasteiger partial charge in [0, 0.05) is 25.2 Å². The van der Waals surface area contributed by atoms with E-state index in [1.165, 1.54) is 12.8 Å². The second-order valence-corrected chi connectivity index (χ2v) is 6.59. The molecule has 1 aliphatic heterocycles. The molecule has 2 heterocycles. The summed E-state index contributed by atoms with van der Waals surface area (Å²) in [4.78, 5) is 25.5. The first kappa shape index (κ1) is 15.9. The van der Waals surface area contributed by atoms with Crippen LogP contribution in [0.2, 0.25) is 0 Å². The molecule has 0 spiro atoms. The van der Waals surface area contributed by atoms with Gasteiger partial charge < -0.3 is 10.4 Å². The summed E-state index contributed by atoms with van der Waals surface area (Å²) in [6, 6.07) is 0.292. The summed E-state index contributed by atoms with van der Waals surface area (Å²) in [7, 11) is 0. The molecule has 1 aromatic rings. The maximum absolute atomic E-state index is 12.1. The minimum Gasteiger partial charge on any atom is -0.481 e. The summed E-state index contributed by atoms with van der Waals surface area (Å²) in [6.45, 7) is 3.20. The molecule has 3 rings (SSSR count). The van der Waals surface area contributed by atoms with Crippen LogP contribution >= 0.6 is 0 Å². The van der Waals surface area contributed by atoms with Gasteiger partial charge in [0.25, 0.3) is 5.91 Å². The third kappa shape index (κ3) is 3.87. The average Bonchev–Trinajstić information content (AvgIpc) is 3.10. The van der Waals surface area contributed by atoms with Crippen LogP contribution in [0.25, 0.3) is 0 Å². The molecule has 1 saturated heterocycles. The first-order valence-electron chi connectivity index (χ1n) is 8.17. The highest BCUT2D eigenvalue weighted by Gasteiger charge is 2.38. The molecule has 0 aromatic carbocycles. The summed E-state index contributed by atoms with van der Waals surface area (Å²) >= 11 is 0. The number of hydrogen-bond acceptors (Lipinski definition) is 5. The van der Waals surface area contributed by atoms with Crippen LogP contribution in [0.4, 0.5) is 0 Å². The predicted molar refractivity (Wildman–Crippen MR) is 81.9 cm³/mol. The fourth-order valence-corrected chi connectivity index (χ4v) is 3.34. The van der Waals surface area contributed by atoms with E-state index in [4.69, 9.17) is 5.11 Å². The summed E-state index contributed by atoms with van der Waals surface area (Å²) < 4.78 is 0. The minimum absolute atomic E-state index is 0.0868. The first-order valence-corrected chi connectivity index (χ1v) is 8.17. The molecule has 0 bridgehead atoms. The average molecular weight is 321 g/mol. The molecule has 8 nitrogen and oxygen atoms in total. The van der Waals surface area contributed by atoms with E-state index in [1.807, 2.05) is 0 Å². The molecule has 2 fully saturated rings. The summed E-state index contributed by atoms with van der Waals surface area (Å²) in [6.07, 6.45) is 4.44. The van der Waals surface area contributed by atoms with Crippen LogP contribution in [0.15, 0.2) is 0 Å². The Morgan fingerprint density at radius 2 is 2.00 bits per heavy atom. The number of hydrogen-bond donors (Lipinski definition) is 3. The van der Waals surface area contributed by atoms with Crippen LogP contribution in [0.3, 0.4) is 0 Å². The molecule has 0 unspecified atom stereocenters. The molecule has 2 aliphatic rings. The fourth-order valence-electron chi connectivity index (χ4n) is 3.34. The number of amides is 1. The van der Waals surface area contributed by atoms with E-state index in [2.05, 4.69) is 25.6 Å². The van der Waals surface area contributed by atoms with Gasteiger partial charge in [0.1, 0.15) is 0 Å². The molecule has 1 aliphatic carbocycles. The molecule has 2 atom stereocenters. The Hall–Kier alpha value is -1.96. The number of nitrogens with one attached hydrogen (secondary N) is 2. The molecule has 126 valence electrons. The summed E-state index contributed by atoms with van der Waals surface area (Å²) in [5.41, 5.74) is 0.895. The number of aliphatic carboxylic acids is 1. The Bertz CT molecular complexity index is 583. The van der Waals surface area contributed by atoms with Crippen LogP contribution in [0, 0.1) is 12.8 Å². The highest BCUT2D eigenvalue weighted by Crippen LogP contribution is 2.35. The number of aromatic nitrogens is 3. The van der Waals surface area contributed by atoms with Gasteiger partial charge in [-0.05, 0) is 38.5 Å². The van der Waals surface area contributed by atoms with Crippen molar-refractivity contribution >= 4 is 11.9 Å². The van der Waals surface area contributed by atoms with E-state index in [-0.39, 0.29) is 24.4 Å². The Kier molecular flexibility index (Phi) is 4.61. The maximum Gasteiger partial charge on any atom is 0.304 e. The number of rotatable bonds is 7. The van der Waals surface area contributed by atoms with Crippen LogP contribution in [0.1, 0.15) is 48.3 Å². The number of carbonyl (C=O) groups is 2. The predicted octanol–water partition coefficient (Wildman–Crippen LogP) is 0.561. The Balaban J connectivity index is 1.58. The lowest BCUT2D eigenvalue weighted by Gasteiger charge is -2.29. The number of carbonyl (C=O) groups excluding carboxylic acids is 1. The lowest BCUT2D eigenvalue weighted by atomic mass is 10.1. The topological polar surface area (TPSA) is 111 Å². The largest absolute Gasteiger partial charge is 0.481 e. The molecule has 8 heteroatoms. The van der Waals surface area contributed by atoms with Crippen molar-refractivity contribution in [2.24, 2.45) is 5.92 Å². The van der Waals surface area contributed by atoms with Gasteiger partial charge in [0.05, 0.1) is 12.1 Å². The van der Waals surface area contributed by atoms with Crippen molar-refractivity contribution in [3.63, 3.8) is 0 Å². The van der Waals surface area contributed by atoms with E-state index in [9.17, 15) is 9.59 Å². The van der Waals surface area contributed by atoms with Crippen molar-refractivity contribution in [3.05, 3.63) is 11.4 Å². The van der Waals surface area contributed by atoms with Gasteiger partial charge in [-0.2, -0.15) is 15.4 Å². The molecule has 23 heavy (non-hydrogen) atoms. The van der Waals surface area contributed by atoms with Gasteiger partial charge >= 0.3 is 5.97 Å². The van der Waals surface area contributed by atoms with Gasteiger partial charge in [-0.3, -0.25) is 14.5 Å². The third-order valence-corrected chi connectivity index (χ3v) is 4.78. The van der Waals surface area contributed by atoms with E-state index in [0.29, 0.717) is 23.9 Å². The normalized spacial score (nSPS) is 24.7. The van der Waals surface area contributed by atoms with Gasteiger partial charge in [-0.15, -0.1) is 0 Å². The van der Waals surface area contributed by atoms with Crippen molar-refractivity contribution in [1.82, 2.24) is 25.6 Å². The van der Waals surface area contributed by atoms with Crippen molar-refractivity contribution in [1.29, 1.82) is 0 Å². The molecular formula is C15H23N5O3. The van der Waals surface area contributed by atoms with Crippen molar-refractivity contribution in [2.45, 2.75) is 51.1 Å². The van der Waals surface area contributed by atoms with Gasteiger partial charge in [-0.25, -0.2) is 0 Å². The molecular weight excluding hydrogens is 298 g/mol. The van der Waals surface area contributed by atoms with E-state index < -0.39 is 5.97 Å². The Morgan fingerprint density at radius 3 is 2.61 bits per heavy atom. The zero-order valence-electron chi connectivity index (χ0n) is 13.3. The second kappa shape index (κ2) is 6.66. The first-order chi connectivity index (χ1) is 11.0. The molecule has 3 N–H and O–H groups in total. The zero-order chi connectivity index (χ0) is 16.4. The number of nitrogens with zero attached hydrogens (tertiary/aromatic N) is 3. The smallest absolute Gasteiger partial charge is 0.304 e. The highest BCUT2D eigenvalue weighted by atomic mass is 16.4. The van der Waals surface area contributed by atoms with Crippen molar-refractivity contribution in [2.75, 3.05) is 13.1 Å². The number of H-pyrrole nitrogens is 1. The minimum atomic E-state index is -0.751. The SMILES string of the molecule is Cc1n[nH]nc1C(=O)NC[C@@H]1CC[C@H](CC(=O)O)N1CC1CC1.